The van der Waals surface area contributed by atoms with Crippen molar-refractivity contribution < 1.29 is 4.79 Å². The van der Waals surface area contributed by atoms with Crippen molar-refractivity contribution >= 4 is 5.91 Å². The van der Waals surface area contributed by atoms with Crippen LogP contribution in [0.1, 0.15) is 34.6 Å². The van der Waals surface area contributed by atoms with Crippen LogP contribution in [0.5, 0.6) is 0 Å². The van der Waals surface area contributed by atoms with Gasteiger partial charge >= 0.3 is 0 Å². The molecule has 2 nitrogen and oxygen atoms in total. The normalized spacial score (nSPS) is 10.8. The van der Waals surface area contributed by atoms with Gasteiger partial charge < -0.3 is 4.90 Å². The molecule has 0 aliphatic heterocycles. The van der Waals surface area contributed by atoms with E-state index in [2.05, 4.69) is 0 Å². The van der Waals surface area contributed by atoms with Gasteiger partial charge in [-0.3, -0.25) is 4.79 Å². The van der Waals surface area contributed by atoms with E-state index < -0.39 is 0 Å². The molecule has 0 saturated carbocycles. The molecule has 0 fully saturated rings. The Bertz CT molecular complexity index is 130. The van der Waals surface area contributed by atoms with E-state index in [4.69, 9.17) is 0 Å². The van der Waals surface area contributed by atoms with Gasteiger partial charge in [-0.25, -0.2) is 0 Å². The summed E-state index contributed by atoms with van der Waals surface area (Å²) in [6, 6.07) is 0.329. The van der Waals surface area contributed by atoms with Crippen LogP contribution in [-0.4, -0.2) is 23.4 Å². The molecule has 66 valence electrons. The van der Waals surface area contributed by atoms with Gasteiger partial charge in [0.05, 0.1) is 0 Å². The Hall–Kier alpha value is -0.530. The minimum atomic E-state index is 0.123. The molecule has 0 rings (SSSR count). The van der Waals surface area contributed by atoms with E-state index in [1.807, 2.05) is 39.5 Å². The summed E-state index contributed by atoms with van der Waals surface area (Å²) in [6.07, 6.45) is 0. The Balaban J connectivity index is 4.15. The van der Waals surface area contributed by atoms with E-state index in [1.54, 1.807) is 0 Å². The van der Waals surface area contributed by atoms with Crippen LogP contribution in [-0.2, 0) is 4.79 Å². The summed E-state index contributed by atoms with van der Waals surface area (Å²) in [7, 11) is 0. The summed E-state index contributed by atoms with van der Waals surface area (Å²) < 4.78 is 0. The third-order valence-corrected chi connectivity index (χ3v) is 1.74. The van der Waals surface area contributed by atoms with Crippen LogP contribution in [0.2, 0.25) is 0 Å². The van der Waals surface area contributed by atoms with Gasteiger partial charge in [-0.05, 0) is 20.8 Å². The van der Waals surface area contributed by atoms with Crippen molar-refractivity contribution in [1.82, 2.24) is 4.90 Å². The molecule has 2 heteroatoms. The van der Waals surface area contributed by atoms with Crippen LogP contribution in [0.15, 0.2) is 0 Å². The largest absolute Gasteiger partial charge is 0.340 e. The number of hydrogen-bond acceptors (Lipinski definition) is 1. The molecule has 0 spiro atoms. The number of rotatable bonds is 3. The third-order valence-electron chi connectivity index (χ3n) is 1.74. The molecule has 0 N–H and O–H groups in total. The Morgan fingerprint density at radius 1 is 1.27 bits per heavy atom. The molecule has 0 aromatic heterocycles. The first-order valence-corrected chi connectivity index (χ1v) is 4.31. The SMILES string of the molecule is CCN(C(=O)C(C)C)C(C)C. The van der Waals surface area contributed by atoms with Crippen LogP contribution in [0, 0.1) is 5.92 Å². The van der Waals surface area contributed by atoms with Crippen molar-refractivity contribution in [3.63, 3.8) is 0 Å². The molecule has 0 saturated heterocycles. The first-order chi connectivity index (χ1) is 5.00. The maximum Gasteiger partial charge on any atom is 0.225 e. The second-order valence-corrected chi connectivity index (χ2v) is 3.37. The number of carbonyl (C=O) groups is 1. The number of carbonyl (C=O) groups excluding carboxylic acids is 1. The molecule has 0 aromatic carbocycles. The lowest BCUT2D eigenvalue weighted by molar-refractivity contribution is -0.135. The van der Waals surface area contributed by atoms with E-state index in [0.717, 1.165) is 6.54 Å². The average Bonchev–Trinajstić information content (AvgIpc) is 1.88. The zero-order chi connectivity index (χ0) is 9.02. The van der Waals surface area contributed by atoms with Crippen molar-refractivity contribution in [2.45, 2.75) is 40.7 Å². The number of hydrogen-bond donors (Lipinski definition) is 0. The van der Waals surface area contributed by atoms with Gasteiger partial charge in [-0.1, -0.05) is 13.8 Å². The first-order valence-electron chi connectivity index (χ1n) is 4.31. The maximum absolute atomic E-state index is 11.4. The maximum atomic E-state index is 11.4. The van der Waals surface area contributed by atoms with Crippen LogP contribution < -0.4 is 0 Å². The minimum absolute atomic E-state index is 0.123. The van der Waals surface area contributed by atoms with E-state index in [9.17, 15) is 4.79 Å². The monoisotopic (exact) mass is 157 g/mol. The van der Waals surface area contributed by atoms with Gasteiger partial charge in [0.25, 0.3) is 0 Å². The molecular weight excluding hydrogens is 138 g/mol. The van der Waals surface area contributed by atoms with E-state index in [1.165, 1.54) is 0 Å². The molecule has 0 unspecified atom stereocenters. The van der Waals surface area contributed by atoms with E-state index in [0.29, 0.717) is 6.04 Å². The molecule has 0 heterocycles. The minimum Gasteiger partial charge on any atom is -0.340 e. The van der Waals surface area contributed by atoms with Crippen molar-refractivity contribution in [3.05, 3.63) is 0 Å². The predicted octanol–water partition coefficient (Wildman–Crippen LogP) is 1.90. The second-order valence-electron chi connectivity index (χ2n) is 3.37. The van der Waals surface area contributed by atoms with Gasteiger partial charge in [0.2, 0.25) is 5.91 Å². The summed E-state index contributed by atoms with van der Waals surface area (Å²) in [4.78, 5) is 13.3. The summed E-state index contributed by atoms with van der Waals surface area (Å²) in [6.45, 7) is 10.8. The van der Waals surface area contributed by atoms with Crippen molar-refractivity contribution in [1.29, 1.82) is 0 Å². The van der Waals surface area contributed by atoms with Gasteiger partial charge in [-0.2, -0.15) is 0 Å². The Morgan fingerprint density at radius 3 is 1.82 bits per heavy atom. The zero-order valence-corrected chi connectivity index (χ0v) is 8.22. The van der Waals surface area contributed by atoms with Gasteiger partial charge in [-0.15, -0.1) is 0 Å². The predicted molar refractivity (Wildman–Crippen MR) is 47.4 cm³/mol. The molecule has 1 amide bonds. The van der Waals surface area contributed by atoms with Crippen molar-refractivity contribution in [2.24, 2.45) is 5.92 Å². The fraction of sp³-hybridized carbons (Fsp3) is 0.889. The van der Waals surface area contributed by atoms with Crippen LogP contribution in [0.4, 0.5) is 0 Å². The highest BCUT2D eigenvalue weighted by molar-refractivity contribution is 5.78. The fourth-order valence-electron chi connectivity index (χ4n) is 1.11. The lowest BCUT2D eigenvalue weighted by Crippen LogP contribution is -2.39. The molecule has 11 heavy (non-hydrogen) atoms. The van der Waals surface area contributed by atoms with Crippen LogP contribution in [0.3, 0.4) is 0 Å². The van der Waals surface area contributed by atoms with Crippen molar-refractivity contribution in [2.75, 3.05) is 6.54 Å². The lowest BCUT2D eigenvalue weighted by Gasteiger charge is -2.26. The van der Waals surface area contributed by atoms with Crippen LogP contribution >= 0.6 is 0 Å². The van der Waals surface area contributed by atoms with Crippen LogP contribution in [0.25, 0.3) is 0 Å². The average molecular weight is 157 g/mol. The summed E-state index contributed by atoms with van der Waals surface area (Å²) >= 11 is 0. The fourth-order valence-corrected chi connectivity index (χ4v) is 1.11. The lowest BCUT2D eigenvalue weighted by atomic mass is 10.1. The van der Waals surface area contributed by atoms with Gasteiger partial charge in [0.1, 0.15) is 0 Å². The highest BCUT2D eigenvalue weighted by Crippen LogP contribution is 2.05. The summed E-state index contributed by atoms with van der Waals surface area (Å²) in [5.41, 5.74) is 0. The standard InChI is InChI=1S/C9H19NO/c1-6-10(8(4)5)9(11)7(2)3/h7-8H,6H2,1-5H3. The molecule has 0 radical (unpaired) electrons. The van der Waals surface area contributed by atoms with Gasteiger partial charge in [0.15, 0.2) is 0 Å². The smallest absolute Gasteiger partial charge is 0.225 e. The Labute approximate surface area is 69.6 Å². The Morgan fingerprint density at radius 2 is 1.73 bits per heavy atom. The molecule has 0 aliphatic carbocycles. The third kappa shape index (κ3) is 2.91. The molecule has 0 bridgehead atoms. The summed E-state index contributed by atoms with van der Waals surface area (Å²) in [5.74, 6) is 0.375. The number of amides is 1. The van der Waals surface area contributed by atoms with E-state index in [-0.39, 0.29) is 11.8 Å². The molecule has 0 atom stereocenters. The Kier molecular flexibility index (Phi) is 4.16. The zero-order valence-electron chi connectivity index (χ0n) is 8.22. The number of nitrogens with zero attached hydrogens (tertiary/aromatic N) is 1. The quantitative estimate of drug-likeness (QED) is 0.612. The second kappa shape index (κ2) is 4.37. The van der Waals surface area contributed by atoms with Crippen molar-refractivity contribution in [3.8, 4) is 0 Å². The molecule has 0 aromatic rings. The van der Waals surface area contributed by atoms with Gasteiger partial charge in [0, 0.05) is 18.5 Å². The summed E-state index contributed by atoms with van der Waals surface area (Å²) in [5, 5.41) is 0. The highest BCUT2D eigenvalue weighted by Gasteiger charge is 2.17. The topological polar surface area (TPSA) is 20.3 Å². The molecule has 0 aliphatic rings. The van der Waals surface area contributed by atoms with E-state index >= 15 is 0 Å². The molecular formula is C9H19NO. The highest BCUT2D eigenvalue weighted by atomic mass is 16.2. The first kappa shape index (κ1) is 10.5.